The minimum atomic E-state index is -0.965. The molecule has 1 aromatic rings. The maximum Gasteiger partial charge on any atom is 0.335 e. The van der Waals surface area contributed by atoms with Gasteiger partial charge in [-0.25, -0.2) is 9.59 Å². The van der Waals surface area contributed by atoms with Crippen LogP contribution in [0.2, 0.25) is 0 Å². The van der Waals surface area contributed by atoms with Crippen LogP contribution in [0.1, 0.15) is 35.7 Å². The van der Waals surface area contributed by atoms with E-state index < -0.39 is 5.97 Å². The second kappa shape index (κ2) is 5.39. The summed E-state index contributed by atoms with van der Waals surface area (Å²) in [5, 5.41) is 12.0. The van der Waals surface area contributed by atoms with Crippen LogP contribution in [0.5, 0.6) is 0 Å². The molecule has 21 heavy (non-hydrogen) atoms. The van der Waals surface area contributed by atoms with E-state index in [-0.39, 0.29) is 11.6 Å². The fourth-order valence-corrected chi connectivity index (χ4v) is 2.90. The Kier molecular flexibility index (Phi) is 3.57. The van der Waals surface area contributed by atoms with Crippen molar-refractivity contribution in [3.63, 3.8) is 0 Å². The predicted octanol–water partition coefficient (Wildman–Crippen LogP) is 2.50. The Labute approximate surface area is 123 Å². The molecule has 1 fully saturated rings. The van der Waals surface area contributed by atoms with Gasteiger partial charge in [-0.15, -0.1) is 0 Å². The number of nitrogens with one attached hydrogen (secondary N) is 1. The average Bonchev–Trinajstić information content (AvgIpc) is 3.23. The Balaban J connectivity index is 1.68. The monoisotopic (exact) mass is 288 g/mol. The normalized spacial score (nSPS) is 18.2. The van der Waals surface area contributed by atoms with E-state index in [1.54, 1.807) is 23.1 Å². The molecule has 0 bridgehead atoms. The summed E-state index contributed by atoms with van der Waals surface area (Å²) >= 11 is 0. The zero-order valence-electron chi connectivity index (χ0n) is 12.1. The zero-order valence-corrected chi connectivity index (χ0v) is 12.1. The number of carboxylic acids is 1. The number of amides is 2. The predicted molar refractivity (Wildman–Crippen MR) is 79.7 cm³/mol. The minimum absolute atomic E-state index is 0.121. The molecule has 1 heterocycles. The van der Waals surface area contributed by atoms with Crippen molar-refractivity contribution >= 4 is 17.7 Å². The van der Waals surface area contributed by atoms with Gasteiger partial charge in [-0.2, -0.15) is 0 Å². The van der Waals surface area contributed by atoms with Crippen molar-refractivity contribution in [1.82, 2.24) is 5.32 Å². The van der Waals surface area contributed by atoms with Crippen molar-refractivity contribution < 1.29 is 14.7 Å². The van der Waals surface area contributed by atoms with Gasteiger partial charge < -0.3 is 10.4 Å². The second-order valence-corrected chi connectivity index (χ2v) is 6.05. The van der Waals surface area contributed by atoms with Crippen molar-refractivity contribution in [2.45, 2.75) is 26.2 Å². The Morgan fingerprint density at radius 1 is 1.43 bits per heavy atom. The number of hydrogen-bond acceptors (Lipinski definition) is 2. The molecule has 0 spiro atoms. The number of carbonyl (C=O) groups excluding carboxylic acids is 1. The van der Waals surface area contributed by atoms with E-state index in [9.17, 15) is 9.59 Å². The van der Waals surface area contributed by atoms with E-state index in [2.05, 4.69) is 12.2 Å². The van der Waals surface area contributed by atoms with Crippen LogP contribution in [0.3, 0.4) is 0 Å². The molecule has 112 valence electrons. The summed E-state index contributed by atoms with van der Waals surface area (Å²) in [6.07, 6.45) is 3.32. The van der Waals surface area contributed by atoms with Gasteiger partial charge in [-0.05, 0) is 48.8 Å². The topological polar surface area (TPSA) is 69.6 Å². The number of fused-ring (bicyclic) bond motifs is 1. The van der Waals surface area contributed by atoms with Crippen LogP contribution in [-0.4, -0.2) is 30.2 Å². The van der Waals surface area contributed by atoms with Crippen LogP contribution in [0.25, 0.3) is 0 Å². The summed E-state index contributed by atoms with van der Waals surface area (Å²) in [5.41, 5.74) is 1.98. The molecule has 1 aliphatic carbocycles. The number of hydrogen-bond donors (Lipinski definition) is 2. The molecular weight excluding hydrogens is 268 g/mol. The fraction of sp³-hybridized carbons (Fsp3) is 0.500. The quantitative estimate of drug-likeness (QED) is 0.894. The number of rotatable bonds is 4. The standard InChI is InChI=1S/C16H20N2O3/c1-10(11-2-3-11)9-17-16(21)18-7-6-12-4-5-13(15(19)20)8-14(12)18/h4-5,8,10-11H,2-3,6-7,9H2,1H3,(H,17,21)(H,19,20). The molecular formula is C16H20N2O3. The number of benzene rings is 1. The van der Waals surface area contributed by atoms with Gasteiger partial charge in [0.2, 0.25) is 0 Å². The van der Waals surface area contributed by atoms with Crippen LogP contribution in [-0.2, 0) is 6.42 Å². The van der Waals surface area contributed by atoms with Crippen molar-refractivity contribution in [3.8, 4) is 0 Å². The van der Waals surface area contributed by atoms with Crippen LogP contribution in [0.4, 0.5) is 10.5 Å². The summed E-state index contributed by atoms with van der Waals surface area (Å²) in [4.78, 5) is 25.0. The van der Waals surface area contributed by atoms with Gasteiger partial charge in [0.15, 0.2) is 0 Å². The number of nitrogens with zero attached hydrogens (tertiary/aromatic N) is 1. The lowest BCUT2D eigenvalue weighted by molar-refractivity contribution is 0.0697. The number of urea groups is 1. The summed E-state index contributed by atoms with van der Waals surface area (Å²) in [6.45, 7) is 3.47. The Morgan fingerprint density at radius 3 is 2.86 bits per heavy atom. The molecule has 1 unspecified atom stereocenters. The number of anilines is 1. The maximum atomic E-state index is 12.3. The first-order valence-corrected chi connectivity index (χ1v) is 7.48. The lowest BCUT2D eigenvalue weighted by Gasteiger charge is -2.20. The first kappa shape index (κ1) is 13.9. The lowest BCUT2D eigenvalue weighted by Crippen LogP contribution is -2.41. The third-order valence-corrected chi connectivity index (χ3v) is 4.47. The van der Waals surface area contributed by atoms with Crippen LogP contribution in [0, 0.1) is 11.8 Å². The first-order chi connectivity index (χ1) is 10.1. The molecule has 1 saturated carbocycles. The largest absolute Gasteiger partial charge is 0.478 e. The molecule has 0 aromatic heterocycles. The summed E-state index contributed by atoms with van der Waals surface area (Å²) in [7, 11) is 0. The smallest absolute Gasteiger partial charge is 0.335 e. The Hall–Kier alpha value is -2.04. The molecule has 2 amide bonds. The van der Waals surface area contributed by atoms with Crippen molar-refractivity contribution in [3.05, 3.63) is 29.3 Å². The van der Waals surface area contributed by atoms with Crippen molar-refractivity contribution in [1.29, 1.82) is 0 Å². The number of aromatic carboxylic acids is 1. The summed E-state index contributed by atoms with van der Waals surface area (Å²) in [5.74, 6) is 0.309. The Bertz CT molecular complexity index is 581. The summed E-state index contributed by atoms with van der Waals surface area (Å²) in [6, 6.07) is 4.87. The molecule has 5 heteroatoms. The van der Waals surface area contributed by atoms with Crippen LogP contribution < -0.4 is 10.2 Å². The number of carboxylic acid groups (broad SMARTS) is 1. The van der Waals surface area contributed by atoms with Gasteiger partial charge >= 0.3 is 12.0 Å². The minimum Gasteiger partial charge on any atom is -0.478 e. The fourth-order valence-electron chi connectivity index (χ4n) is 2.90. The van der Waals surface area contributed by atoms with Gasteiger partial charge in [0.25, 0.3) is 0 Å². The zero-order chi connectivity index (χ0) is 15.0. The van der Waals surface area contributed by atoms with Crippen LogP contribution in [0.15, 0.2) is 18.2 Å². The van der Waals surface area contributed by atoms with Gasteiger partial charge in [0, 0.05) is 18.8 Å². The second-order valence-electron chi connectivity index (χ2n) is 6.05. The Morgan fingerprint density at radius 2 is 2.19 bits per heavy atom. The summed E-state index contributed by atoms with van der Waals surface area (Å²) < 4.78 is 0. The molecule has 0 saturated heterocycles. The molecule has 2 aliphatic rings. The van der Waals surface area contributed by atoms with E-state index in [1.165, 1.54) is 12.8 Å². The van der Waals surface area contributed by atoms with E-state index in [0.29, 0.717) is 19.0 Å². The highest BCUT2D eigenvalue weighted by Crippen LogP contribution is 2.36. The molecule has 3 rings (SSSR count). The van der Waals surface area contributed by atoms with Crippen LogP contribution >= 0.6 is 0 Å². The third-order valence-electron chi connectivity index (χ3n) is 4.47. The van der Waals surface area contributed by atoms with Gasteiger partial charge in [-0.3, -0.25) is 4.90 Å². The third kappa shape index (κ3) is 2.86. The van der Waals surface area contributed by atoms with Crippen molar-refractivity contribution in [2.75, 3.05) is 18.0 Å². The molecule has 0 radical (unpaired) electrons. The van der Waals surface area contributed by atoms with E-state index >= 15 is 0 Å². The molecule has 2 N–H and O–H groups in total. The number of carbonyl (C=O) groups is 2. The van der Waals surface area contributed by atoms with Gasteiger partial charge in [-0.1, -0.05) is 13.0 Å². The van der Waals surface area contributed by atoms with Crippen molar-refractivity contribution in [2.24, 2.45) is 11.8 Å². The highest BCUT2D eigenvalue weighted by Gasteiger charge is 2.30. The SMILES string of the molecule is CC(CNC(=O)N1CCc2ccc(C(=O)O)cc21)C1CC1. The lowest BCUT2D eigenvalue weighted by atomic mass is 10.1. The first-order valence-electron chi connectivity index (χ1n) is 7.48. The van der Waals surface area contributed by atoms with E-state index in [4.69, 9.17) is 5.11 Å². The molecule has 1 atom stereocenters. The van der Waals surface area contributed by atoms with Gasteiger partial charge in [0.05, 0.1) is 5.56 Å². The van der Waals surface area contributed by atoms with E-state index in [1.807, 2.05) is 0 Å². The van der Waals surface area contributed by atoms with E-state index in [0.717, 1.165) is 23.6 Å². The average molecular weight is 288 g/mol. The molecule has 1 aliphatic heterocycles. The molecule has 5 nitrogen and oxygen atoms in total. The van der Waals surface area contributed by atoms with Gasteiger partial charge in [0.1, 0.15) is 0 Å². The maximum absolute atomic E-state index is 12.3. The highest BCUT2D eigenvalue weighted by molar-refractivity contribution is 5.96. The highest BCUT2D eigenvalue weighted by atomic mass is 16.4. The molecule has 1 aromatic carbocycles.